The van der Waals surface area contributed by atoms with E-state index in [0.717, 1.165) is 31.8 Å². The number of hydrogen-bond acceptors (Lipinski definition) is 5. The Morgan fingerprint density at radius 1 is 1.15 bits per heavy atom. The van der Waals surface area contributed by atoms with Gasteiger partial charge >= 0.3 is 0 Å². The number of carbonyl (C=O) groups excluding carboxylic acids is 1. The fourth-order valence-corrected chi connectivity index (χ4v) is 7.09. The highest BCUT2D eigenvalue weighted by atomic mass is 35.5. The molecule has 0 aromatic heterocycles. The lowest BCUT2D eigenvalue weighted by molar-refractivity contribution is -0.123. The first-order chi connectivity index (χ1) is 15.8. The summed E-state index contributed by atoms with van der Waals surface area (Å²) in [6.45, 7) is 5.73. The second-order valence-electron chi connectivity index (χ2n) is 9.08. The van der Waals surface area contributed by atoms with E-state index in [9.17, 15) is 13.2 Å². The van der Waals surface area contributed by atoms with Gasteiger partial charge in [0.05, 0.1) is 17.6 Å². The Labute approximate surface area is 201 Å². The van der Waals surface area contributed by atoms with Crippen LogP contribution in [-0.4, -0.2) is 49.8 Å². The molecule has 0 bridgehead atoms. The lowest BCUT2D eigenvalue weighted by Crippen LogP contribution is -2.50. The van der Waals surface area contributed by atoms with Crippen molar-refractivity contribution in [1.82, 2.24) is 10.2 Å². The summed E-state index contributed by atoms with van der Waals surface area (Å²) in [5, 5.41) is 3.39. The molecule has 33 heavy (non-hydrogen) atoms. The minimum absolute atomic E-state index is 0.144. The predicted molar refractivity (Wildman–Crippen MR) is 129 cm³/mol. The highest BCUT2D eigenvalue weighted by molar-refractivity contribution is 7.93. The largest absolute Gasteiger partial charge is 0.376 e. The van der Waals surface area contributed by atoms with Crippen LogP contribution in [0, 0.1) is 0 Å². The summed E-state index contributed by atoms with van der Waals surface area (Å²) in [5.41, 5.74) is 2.12. The molecule has 1 unspecified atom stereocenters. The summed E-state index contributed by atoms with van der Waals surface area (Å²) in [4.78, 5) is 15.8. The monoisotopic (exact) mass is 490 g/mol. The maximum Gasteiger partial charge on any atom is 0.242 e. The number of nitrogens with zero attached hydrogens (tertiary/aromatic N) is 1. The van der Waals surface area contributed by atoms with E-state index in [-0.39, 0.29) is 11.0 Å². The molecule has 1 heterocycles. The molecular formula is C25H31ClN2O4S. The fourth-order valence-electron chi connectivity index (χ4n) is 4.88. The van der Waals surface area contributed by atoms with Crippen LogP contribution in [0.3, 0.4) is 0 Å². The molecular weight excluding hydrogens is 460 g/mol. The molecule has 0 spiro atoms. The van der Waals surface area contributed by atoms with E-state index in [1.807, 2.05) is 12.1 Å². The molecule has 6 nitrogen and oxygen atoms in total. The molecule has 1 atom stereocenters. The van der Waals surface area contributed by atoms with Crippen molar-refractivity contribution < 1.29 is 17.9 Å². The number of hydrogen-bond donors (Lipinski definition) is 1. The number of ether oxygens (including phenoxy) is 1. The van der Waals surface area contributed by atoms with Crippen molar-refractivity contribution in [1.29, 1.82) is 0 Å². The second-order valence-corrected chi connectivity index (χ2v) is 11.8. The van der Waals surface area contributed by atoms with Crippen molar-refractivity contribution in [3.05, 3.63) is 64.7 Å². The van der Waals surface area contributed by atoms with Gasteiger partial charge in [-0.05, 0) is 55.2 Å². The molecule has 2 aromatic rings. The lowest BCUT2D eigenvalue weighted by Gasteiger charge is -2.31. The topological polar surface area (TPSA) is 75.7 Å². The minimum atomic E-state index is -3.84. The lowest BCUT2D eigenvalue weighted by atomic mass is 10.1. The molecule has 1 saturated carbocycles. The molecule has 2 fully saturated rings. The van der Waals surface area contributed by atoms with E-state index in [2.05, 4.69) is 29.3 Å². The van der Waals surface area contributed by atoms with E-state index >= 15 is 0 Å². The molecule has 178 valence electrons. The number of halogens is 1. The zero-order valence-corrected chi connectivity index (χ0v) is 20.5. The van der Waals surface area contributed by atoms with Crippen molar-refractivity contribution in [2.45, 2.75) is 61.4 Å². The molecule has 1 N–H and O–H groups in total. The smallest absolute Gasteiger partial charge is 0.242 e. The molecule has 4 rings (SSSR count). The van der Waals surface area contributed by atoms with Gasteiger partial charge in [0.1, 0.15) is 0 Å². The van der Waals surface area contributed by atoms with E-state index < -0.39 is 20.5 Å². The third kappa shape index (κ3) is 5.27. The zero-order chi connectivity index (χ0) is 23.5. The van der Waals surface area contributed by atoms with Gasteiger partial charge in [-0.3, -0.25) is 9.69 Å². The average Bonchev–Trinajstić information content (AvgIpc) is 3.30. The van der Waals surface area contributed by atoms with Crippen LogP contribution in [0.1, 0.15) is 43.7 Å². The van der Waals surface area contributed by atoms with Crippen molar-refractivity contribution in [3.8, 4) is 0 Å². The third-order valence-corrected chi connectivity index (χ3v) is 9.41. The van der Waals surface area contributed by atoms with Gasteiger partial charge in [-0.15, -0.1) is 0 Å². The second kappa shape index (κ2) is 10.1. The van der Waals surface area contributed by atoms with Gasteiger partial charge in [-0.25, -0.2) is 8.42 Å². The number of amides is 1. The molecule has 1 saturated heterocycles. The third-order valence-electron chi connectivity index (χ3n) is 6.64. The molecule has 1 aliphatic heterocycles. The number of benzene rings is 2. The van der Waals surface area contributed by atoms with E-state index in [1.165, 1.54) is 17.7 Å². The molecule has 1 aliphatic carbocycles. The van der Waals surface area contributed by atoms with Gasteiger partial charge < -0.3 is 10.1 Å². The summed E-state index contributed by atoms with van der Waals surface area (Å²) in [5.74, 6) is -0.414. The summed E-state index contributed by atoms with van der Waals surface area (Å²) in [6, 6.07) is 14.2. The molecule has 8 heteroatoms. The Kier molecular flexibility index (Phi) is 7.43. The normalized spacial score (nSPS) is 21.1. The van der Waals surface area contributed by atoms with E-state index in [4.69, 9.17) is 16.3 Å². The quantitative estimate of drug-likeness (QED) is 0.635. The van der Waals surface area contributed by atoms with Gasteiger partial charge in [0.15, 0.2) is 14.6 Å². The summed E-state index contributed by atoms with van der Waals surface area (Å²) < 4.78 is 31.2. The first-order valence-corrected chi connectivity index (χ1v) is 13.4. The fraction of sp³-hybridized carbons (Fsp3) is 0.480. The SMILES string of the molecule is CC1CN(Cc2cccc(CNC(=O)C3(S(=O)(=O)c4ccc(Cl)cc4)CCCC3)c2)CCO1. The summed E-state index contributed by atoms with van der Waals surface area (Å²) in [6.07, 6.45) is 2.32. The van der Waals surface area contributed by atoms with Gasteiger partial charge in [0, 0.05) is 31.2 Å². The summed E-state index contributed by atoms with van der Waals surface area (Å²) >= 11 is 5.93. The average molecular weight is 491 g/mol. The van der Waals surface area contributed by atoms with Gasteiger partial charge in [0.2, 0.25) is 5.91 Å². The number of morpholine rings is 1. The summed E-state index contributed by atoms with van der Waals surface area (Å²) in [7, 11) is -3.84. The van der Waals surface area contributed by atoms with Crippen LogP contribution in [0.2, 0.25) is 5.02 Å². The van der Waals surface area contributed by atoms with Crippen LogP contribution >= 0.6 is 11.6 Å². The molecule has 0 radical (unpaired) electrons. The van der Waals surface area contributed by atoms with Crippen LogP contribution in [0.25, 0.3) is 0 Å². The Morgan fingerprint density at radius 2 is 1.85 bits per heavy atom. The Balaban J connectivity index is 1.46. The zero-order valence-electron chi connectivity index (χ0n) is 18.9. The number of carbonyl (C=O) groups is 1. The maximum absolute atomic E-state index is 13.5. The minimum Gasteiger partial charge on any atom is -0.376 e. The van der Waals surface area contributed by atoms with Crippen LogP contribution in [-0.2, 0) is 32.5 Å². The van der Waals surface area contributed by atoms with Crippen molar-refractivity contribution in [2.75, 3.05) is 19.7 Å². The van der Waals surface area contributed by atoms with E-state index in [1.54, 1.807) is 12.1 Å². The Bertz CT molecular complexity index is 1080. The highest BCUT2D eigenvalue weighted by Gasteiger charge is 2.52. The van der Waals surface area contributed by atoms with Crippen LogP contribution in [0.15, 0.2) is 53.4 Å². The molecule has 1 amide bonds. The van der Waals surface area contributed by atoms with Crippen molar-refractivity contribution in [2.24, 2.45) is 0 Å². The van der Waals surface area contributed by atoms with Crippen LogP contribution < -0.4 is 5.32 Å². The van der Waals surface area contributed by atoms with Crippen molar-refractivity contribution in [3.63, 3.8) is 0 Å². The Morgan fingerprint density at radius 3 is 2.55 bits per heavy atom. The standard InChI is InChI=1S/C25H31ClN2O4S/c1-19-17-28(13-14-32-19)18-21-6-4-5-20(15-21)16-27-24(29)25(11-2-3-12-25)33(30,31)23-9-7-22(26)8-10-23/h4-10,15,19H,2-3,11-14,16-18H2,1H3,(H,27,29). The van der Waals surface area contributed by atoms with Crippen LogP contribution in [0.5, 0.6) is 0 Å². The predicted octanol–water partition coefficient (Wildman–Crippen LogP) is 3.96. The number of nitrogens with one attached hydrogen (secondary N) is 1. The first kappa shape index (κ1) is 24.2. The first-order valence-electron chi connectivity index (χ1n) is 11.5. The Hall–Kier alpha value is -1.93. The van der Waals surface area contributed by atoms with Gasteiger partial charge in [-0.2, -0.15) is 0 Å². The van der Waals surface area contributed by atoms with Crippen LogP contribution in [0.4, 0.5) is 0 Å². The highest BCUT2D eigenvalue weighted by Crippen LogP contribution is 2.41. The van der Waals surface area contributed by atoms with Gasteiger partial charge in [-0.1, -0.05) is 48.7 Å². The molecule has 2 aromatic carbocycles. The van der Waals surface area contributed by atoms with E-state index in [0.29, 0.717) is 37.3 Å². The van der Waals surface area contributed by atoms with Gasteiger partial charge in [0.25, 0.3) is 0 Å². The van der Waals surface area contributed by atoms with Crippen molar-refractivity contribution >= 4 is 27.3 Å². The number of rotatable bonds is 7. The maximum atomic E-state index is 13.5. The number of sulfone groups is 1. The molecule has 2 aliphatic rings.